The van der Waals surface area contributed by atoms with Crippen molar-refractivity contribution in [2.45, 2.75) is 13.3 Å². The number of carbonyl (C=O) groups excluding carboxylic acids is 2. The van der Waals surface area contributed by atoms with Crippen molar-refractivity contribution < 1.29 is 19.5 Å². The van der Waals surface area contributed by atoms with Gasteiger partial charge >= 0.3 is 5.97 Å². The third-order valence-electron chi connectivity index (χ3n) is 3.31. The van der Waals surface area contributed by atoms with E-state index in [1.807, 2.05) is 0 Å². The summed E-state index contributed by atoms with van der Waals surface area (Å²) in [5.41, 5.74) is -0.604. The van der Waals surface area contributed by atoms with E-state index in [2.05, 4.69) is 0 Å². The van der Waals surface area contributed by atoms with Crippen molar-refractivity contribution in [1.82, 2.24) is 4.90 Å². The quantitative estimate of drug-likeness (QED) is 0.699. The number of fused-ring (bicyclic) bond motifs is 1. The first-order valence-corrected chi connectivity index (χ1v) is 5.10. The molecule has 1 N–H and O–H groups in total. The molecule has 0 aromatic carbocycles. The van der Waals surface area contributed by atoms with Crippen molar-refractivity contribution in [3.05, 3.63) is 12.3 Å². The molecule has 1 saturated heterocycles. The van der Waals surface area contributed by atoms with Gasteiger partial charge in [0.05, 0.1) is 17.4 Å². The summed E-state index contributed by atoms with van der Waals surface area (Å²) in [4.78, 5) is 34.9. The van der Waals surface area contributed by atoms with Gasteiger partial charge in [0.2, 0.25) is 11.8 Å². The van der Waals surface area contributed by atoms with Gasteiger partial charge in [0.1, 0.15) is 0 Å². The van der Waals surface area contributed by atoms with Crippen molar-refractivity contribution in [1.29, 1.82) is 5.26 Å². The minimum absolute atomic E-state index is 0.273. The lowest BCUT2D eigenvalue weighted by molar-refractivity contribution is -0.140. The van der Waals surface area contributed by atoms with Crippen molar-refractivity contribution in [3.8, 4) is 6.07 Å². The summed E-state index contributed by atoms with van der Waals surface area (Å²) < 4.78 is 0. The monoisotopic (exact) mass is 234 g/mol. The molecule has 6 heteroatoms. The highest BCUT2D eigenvalue weighted by Gasteiger charge is 2.68. The van der Waals surface area contributed by atoms with Crippen LogP contribution in [0.2, 0.25) is 0 Å². The molecule has 0 aromatic heterocycles. The van der Waals surface area contributed by atoms with Gasteiger partial charge in [-0.15, -0.1) is 0 Å². The third kappa shape index (κ3) is 1.51. The smallest absolute Gasteiger partial charge is 0.324 e. The van der Waals surface area contributed by atoms with Crippen molar-refractivity contribution in [3.63, 3.8) is 0 Å². The van der Waals surface area contributed by atoms with Crippen molar-refractivity contribution in [2.24, 2.45) is 17.3 Å². The average molecular weight is 234 g/mol. The normalized spacial score (nSPS) is 32.5. The number of aliphatic carboxylic acids is 1. The second-order valence-electron chi connectivity index (χ2n) is 4.47. The largest absolute Gasteiger partial charge is 0.480 e. The number of hydrogen-bond donors (Lipinski definition) is 1. The summed E-state index contributed by atoms with van der Waals surface area (Å²) in [5.74, 6) is -3.55. The van der Waals surface area contributed by atoms with Gasteiger partial charge in [-0.1, -0.05) is 0 Å². The van der Waals surface area contributed by atoms with Gasteiger partial charge in [0.15, 0.2) is 5.92 Å². The second kappa shape index (κ2) is 3.42. The maximum absolute atomic E-state index is 11.8. The van der Waals surface area contributed by atoms with Crippen LogP contribution >= 0.6 is 0 Å². The van der Waals surface area contributed by atoms with E-state index < -0.39 is 17.3 Å². The molecule has 88 valence electrons. The lowest BCUT2D eigenvalue weighted by Gasteiger charge is -2.12. The second-order valence-corrected chi connectivity index (χ2v) is 4.47. The number of carbonyl (C=O) groups is 3. The van der Waals surface area contributed by atoms with Gasteiger partial charge < -0.3 is 5.11 Å². The number of hydrogen-bond acceptors (Lipinski definition) is 4. The summed E-state index contributed by atoms with van der Waals surface area (Å²) in [6, 6.07) is 1.55. The molecular formula is C11H10N2O4. The molecule has 3 atom stereocenters. The van der Waals surface area contributed by atoms with Crippen LogP contribution < -0.4 is 0 Å². The maximum Gasteiger partial charge on any atom is 0.324 e. The van der Waals surface area contributed by atoms with Gasteiger partial charge in [-0.05, 0) is 19.4 Å². The molecule has 2 rings (SSSR count). The van der Waals surface area contributed by atoms with Crippen molar-refractivity contribution in [2.75, 3.05) is 0 Å². The van der Waals surface area contributed by atoms with E-state index in [1.165, 1.54) is 0 Å². The first kappa shape index (κ1) is 11.3. The third-order valence-corrected chi connectivity index (χ3v) is 3.31. The summed E-state index contributed by atoms with van der Waals surface area (Å²) in [7, 11) is 0. The Kier molecular flexibility index (Phi) is 2.28. The Morgan fingerprint density at radius 3 is 2.76 bits per heavy atom. The lowest BCUT2D eigenvalue weighted by Crippen LogP contribution is -2.29. The van der Waals surface area contributed by atoms with E-state index in [9.17, 15) is 14.4 Å². The van der Waals surface area contributed by atoms with Crippen LogP contribution in [0, 0.1) is 28.6 Å². The van der Waals surface area contributed by atoms with E-state index in [4.69, 9.17) is 10.4 Å². The standard InChI is InChI=1S/C11H10N2O4/c1-11-4-7(11)8(14)13(10(11)17)3-2-6(5-12)9(15)16/h2-3,6-7H,4H2,1H3,(H,15,16). The fourth-order valence-corrected chi connectivity index (χ4v) is 2.00. The number of piperidine rings is 1. The molecule has 2 amide bonds. The number of imide groups is 1. The number of rotatable bonds is 3. The fourth-order valence-electron chi connectivity index (χ4n) is 2.00. The molecule has 1 aliphatic heterocycles. The van der Waals surface area contributed by atoms with Crippen molar-refractivity contribution >= 4 is 17.8 Å². The Hall–Kier alpha value is -2.16. The van der Waals surface area contributed by atoms with E-state index in [1.54, 1.807) is 13.0 Å². The predicted octanol–water partition coefficient (Wildman–Crippen LogP) is 0.119. The molecular weight excluding hydrogens is 224 g/mol. The van der Waals surface area contributed by atoms with E-state index >= 15 is 0 Å². The van der Waals surface area contributed by atoms with Gasteiger partial charge in [0, 0.05) is 6.20 Å². The Morgan fingerprint density at radius 1 is 1.71 bits per heavy atom. The van der Waals surface area contributed by atoms with Gasteiger partial charge in [-0.2, -0.15) is 5.26 Å². The first-order valence-electron chi connectivity index (χ1n) is 5.10. The van der Waals surface area contributed by atoms with Gasteiger partial charge in [0.25, 0.3) is 0 Å². The van der Waals surface area contributed by atoms with Crippen LogP contribution in [-0.2, 0) is 14.4 Å². The van der Waals surface area contributed by atoms with Crippen LogP contribution in [-0.4, -0.2) is 27.8 Å². The molecule has 1 heterocycles. The van der Waals surface area contributed by atoms with Crippen LogP contribution in [0.25, 0.3) is 0 Å². The van der Waals surface area contributed by atoms with Crippen LogP contribution in [0.3, 0.4) is 0 Å². The van der Waals surface area contributed by atoms with Crippen LogP contribution in [0.1, 0.15) is 13.3 Å². The summed E-state index contributed by atoms with van der Waals surface area (Å²) in [6.45, 7) is 1.71. The summed E-state index contributed by atoms with van der Waals surface area (Å²) >= 11 is 0. The topological polar surface area (TPSA) is 98.5 Å². The zero-order chi connectivity index (χ0) is 12.8. The number of amides is 2. The summed E-state index contributed by atoms with van der Waals surface area (Å²) in [6.07, 6.45) is 2.71. The first-order chi connectivity index (χ1) is 7.91. The molecule has 0 bridgehead atoms. The molecule has 1 saturated carbocycles. The minimum atomic E-state index is -1.35. The van der Waals surface area contributed by atoms with Gasteiger partial charge in [-0.3, -0.25) is 19.3 Å². The number of likely N-dealkylation sites (tertiary alicyclic amines) is 1. The molecule has 1 aliphatic carbocycles. The Labute approximate surface area is 97.1 Å². The SMILES string of the molecule is CC12CC1C(=O)N(C=CC(C#N)C(=O)O)C2=O. The van der Waals surface area contributed by atoms with Crippen LogP contribution in [0.5, 0.6) is 0 Å². The van der Waals surface area contributed by atoms with E-state index in [0.29, 0.717) is 6.42 Å². The number of carboxylic acid groups (broad SMARTS) is 1. The number of nitrogens with zero attached hydrogens (tertiary/aromatic N) is 2. The highest BCUT2D eigenvalue weighted by Crippen LogP contribution is 2.58. The number of nitriles is 1. The highest BCUT2D eigenvalue weighted by atomic mass is 16.4. The Balaban J connectivity index is 2.14. The zero-order valence-corrected chi connectivity index (χ0v) is 9.08. The molecule has 0 aromatic rings. The molecule has 3 unspecified atom stereocenters. The van der Waals surface area contributed by atoms with Crippen LogP contribution in [0.15, 0.2) is 12.3 Å². The minimum Gasteiger partial charge on any atom is -0.480 e. The highest BCUT2D eigenvalue weighted by molar-refractivity contribution is 6.12. The van der Waals surface area contributed by atoms with E-state index in [-0.39, 0.29) is 17.7 Å². The molecule has 17 heavy (non-hydrogen) atoms. The fraction of sp³-hybridized carbons (Fsp3) is 0.455. The summed E-state index contributed by atoms with van der Waals surface area (Å²) in [5, 5.41) is 17.2. The molecule has 6 nitrogen and oxygen atoms in total. The Morgan fingerprint density at radius 2 is 2.35 bits per heavy atom. The maximum atomic E-state index is 11.8. The molecule has 2 fully saturated rings. The predicted molar refractivity (Wildman–Crippen MR) is 53.9 cm³/mol. The van der Waals surface area contributed by atoms with E-state index in [0.717, 1.165) is 17.2 Å². The number of carboxylic acids is 1. The zero-order valence-electron chi connectivity index (χ0n) is 9.08. The van der Waals surface area contributed by atoms with Crippen LogP contribution in [0.4, 0.5) is 0 Å². The molecule has 0 radical (unpaired) electrons. The Bertz CT molecular complexity index is 490. The lowest BCUT2D eigenvalue weighted by atomic mass is 10.1. The molecule has 0 spiro atoms. The average Bonchev–Trinajstić information content (AvgIpc) is 2.92. The molecule has 2 aliphatic rings. The van der Waals surface area contributed by atoms with Gasteiger partial charge in [-0.25, -0.2) is 0 Å².